The minimum atomic E-state index is -0.843. The Morgan fingerprint density at radius 2 is 0.708 bits per heavy atom. The van der Waals surface area contributed by atoms with Crippen molar-refractivity contribution >= 4 is 11.9 Å². The monoisotopic (exact) mass is 1010 g/mol. The Morgan fingerprint density at radius 1 is 0.389 bits per heavy atom. The van der Waals surface area contributed by atoms with Crippen LogP contribution < -0.4 is 5.32 Å². The van der Waals surface area contributed by atoms with Gasteiger partial charge in [-0.05, 0) is 89.9 Å². The Balaban J connectivity index is 3.40. The van der Waals surface area contributed by atoms with Crippen molar-refractivity contribution in [3.05, 3.63) is 60.8 Å². The lowest BCUT2D eigenvalue weighted by molar-refractivity contribution is -0.143. The average Bonchev–Trinajstić information content (AvgIpc) is 3.38. The molecule has 0 aromatic carbocycles. The summed E-state index contributed by atoms with van der Waals surface area (Å²) >= 11 is 0. The smallest absolute Gasteiger partial charge is 0.305 e. The van der Waals surface area contributed by atoms with E-state index < -0.39 is 12.1 Å². The Kier molecular flexibility index (Phi) is 59.0. The molecule has 3 N–H and O–H groups in total. The lowest BCUT2D eigenvalue weighted by atomic mass is 10.0. The van der Waals surface area contributed by atoms with Gasteiger partial charge in [0.1, 0.15) is 0 Å². The van der Waals surface area contributed by atoms with Crippen molar-refractivity contribution in [3.8, 4) is 0 Å². The Morgan fingerprint density at radius 3 is 1.10 bits per heavy atom. The minimum absolute atomic E-state index is 0.00247. The maximum atomic E-state index is 12.4. The molecule has 420 valence electrons. The van der Waals surface area contributed by atoms with Crippen LogP contribution >= 0.6 is 0 Å². The number of allylic oxidation sites excluding steroid dienone is 9. The van der Waals surface area contributed by atoms with Gasteiger partial charge in [0.05, 0.1) is 25.4 Å². The highest BCUT2D eigenvalue weighted by molar-refractivity contribution is 5.76. The van der Waals surface area contributed by atoms with Crippen LogP contribution in [0.25, 0.3) is 0 Å². The molecule has 72 heavy (non-hydrogen) atoms. The zero-order valence-corrected chi connectivity index (χ0v) is 47.9. The SMILES string of the molecule is CCCC/C=C\C/C=C\CCCCCCCC(=O)OCCCCCCCCCCC/C=C\C/C=C\CCCCCCCCCCCCCCCCCC(=O)NC(CO)C(O)/C=C/CCCCCCCCCC. The maximum absolute atomic E-state index is 12.4. The molecule has 6 heteroatoms. The van der Waals surface area contributed by atoms with Crippen LogP contribution in [0.15, 0.2) is 60.8 Å². The van der Waals surface area contributed by atoms with E-state index in [4.69, 9.17) is 4.74 Å². The zero-order chi connectivity index (χ0) is 52.2. The number of amides is 1. The van der Waals surface area contributed by atoms with Crippen LogP contribution in [0.3, 0.4) is 0 Å². The first-order chi connectivity index (χ1) is 35.5. The number of aliphatic hydroxyl groups excluding tert-OH is 2. The predicted octanol–water partition coefficient (Wildman–Crippen LogP) is 19.9. The second-order valence-electron chi connectivity index (χ2n) is 21.4. The number of carbonyl (C=O) groups is 2. The van der Waals surface area contributed by atoms with Crippen molar-refractivity contribution in [2.24, 2.45) is 0 Å². The number of hydrogen-bond donors (Lipinski definition) is 3. The first-order valence-electron chi connectivity index (χ1n) is 31.6. The molecule has 0 aliphatic rings. The van der Waals surface area contributed by atoms with Gasteiger partial charge < -0.3 is 20.3 Å². The van der Waals surface area contributed by atoms with Gasteiger partial charge in [-0.3, -0.25) is 9.59 Å². The highest BCUT2D eigenvalue weighted by atomic mass is 16.5. The van der Waals surface area contributed by atoms with Gasteiger partial charge in [0.25, 0.3) is 0 Å². The molecule has 0 saturated heterocycles. The van der Waals surface area contributed by atoms with Crippen LogP contribution in [0.2, 0.25) is 0 Å². The fourth-order valence-corrected chi connectivity index (χ4v) is 9.39. The van der Waals surface area contributed by atoms with E-state index in [1.807, 2.05) is 6.08 Å². The van der Waals surface area contributed by atoms with Gasteiger partial charge in [-0.25, -0.2) is 0 Å². The summed E-state index contributed by atoms with van der Waals surface area (Å²) in [6.45, 7) is 4.84. The molecule has 0 fully saturated rings. The molecular formula is C66H121NO5. The van der Waals surface area contributed by atoms with Crippen molar-refractivity contribution in [1.29, 1.82) is 0 Å². The van der Waals surface area contributed by atoms with Crippen LogP contribution in [0.5, 0.6) is 0 Å². The molecule has 0 rings (SSSR count). The summed E-state index contributed by atoms with van der Waals surface area (Å²) in [7, 11) is 0. The number of hydrogen-bond acceptors (Lipinski definition) is 5. The maximum Gasteiger partial charge on any atom is 0.305 e. The molecule has 0 saturated carbocycles. The molecule has 2 atom stereocenters. The summed E-state index contributed by atoms with van der Waals surface area (Å²) in [5.41, 5.74) is 0. The van der Waals surface area contributed by atoms with Crippen LogP contribution in [0.4, 0.5) is 0 Å². The van der Waals surface area contributed by atoms with E-state index in [1.165, 1.54) is 238 Å². The highest BCUT2D eigenvalue weighted by Crippen LogP contribution is 2.16. The number of unbranched alkanes of at least 4 members (excludes halogenated alkanes) is 39. The second kappa shape index (κ2) is 61.1. The number of ether oxygens (including phenoxy) is 1. The van der Waals surface area contributed by atoms with Gasteiger partial charge in [-0.2, -0.15) is 0 Å². The van der Waals surface area contributed by atoms with Crippen molar-refractivity contribution in [1.82, 2.24) is 5.32 Å². The quantitative estimate of drug-likeness (QED) is 0.0320. The molecule has 0 bridgehead atoms. The van der Waals surface area contributed by atoms with Crippen LogP contribution in [0.1, 0.15) is 322 Å². The third-order valence-corrected chi connectivity index (χ3v) is 14.3. The molecular weight excluding hydrogens is 887 g/mol. The average molecular weight is 1010 g/mol. The van der Waals surface area contributed by atoms with E-state index >= 15 is 0 Å². The zero-order valence-electron chi connectivity index (χ0n) is 47.9. The van der Waals surface area contributed by atoms with Gasteiger partial charge in [-0.15, -0.1) is 0 Å². The second-order valence-corrected chi connectivity index (χ2v) is 21.4. The summed E-state index contributed by atoms with van der Waals surface area (Å²) in [6, 6.07) is -0.626. The lowest BCUT2D eigenvalue weighted by Gasteiger charge is -2.20. The van der Waals surface area contributed by atoms with Gasteiger partial charge in [0.2, 0.25) is 5.91 Å². The van der Waals surface area contributed by atoms with E-state index in [2.05, 4.69) is 67.8 Å². The predicted molar refractivity (Wildman–Crippen MR) is 315 cm³/mol. The fraction of sp³-hybridized carbons (Fsp3) is 0.818. The van der Waals surface area contributed by atoms with E-state index in [0.29, 0.717) is 19.4 Å². The normalized spacial score (nSPS) is 13.0. The molecule has 0 aromatic heterocycles. The minimum Gasteiger partial charge on any atom is -0.466 e. The van der Waals surface area contributed by atoms with Crippen molar-refractivity contribution in [2.75, 3.05) is 13.2 Å². The van der Waals surface area contributed by atoms with Crippen LogP contribution in [0, 0.1) is 0 Å². The number of nitrogens with one attached hydrogen (secondary N) is 1. The molecule has 0 heterocycles. The molecule has 6 nitrogen and oxygen atoms in total. The molecule has 0 spiro atoms. The summed E-state index contributed by atoms with van der Waals surface area (Å²) < 4.78 is 5.47. The summed E-state index contributed by atoms with van der Waals surface area (Å²) in [4.78, 5) is 24.4. The van der Waals surface area contributed by atoms with Gasteiger partial charge in [0, 0.05) is 12.8 Å². The highest BCUT2D eigenvalue weighted by Gasteiger charge is 2.18. The van der Waals surface area contributed by atoms with Crippen molar-refractivity contribution in [2.45, 2.75) is 334 Å². The molecule has 0 radical (unpaired) electrons. The molecule has 0 aliphatic carbocycles. The molecule has 0 aliphatic heterocycles. The molecule has 1 amide bonds. The number of esters is 1. The molecule has 2 unspecified atom stereocenters. The Labute approximate surface area is 448 Å². The van der Waals surface area contributed by atoms with E-state index in [9.17, 15) is 19.8 Å². The van der Waals surface area contributed by atoms with Crippen molar-refractivity contribution < 1.29 is 24.5 Å². The van der Waals surface area contributed by atoms with Gasteiger partial charge in [-0.1, -0.05) is 280 Å². The Hall–Kier alpha value is -2.44. The summed E-state index contributed by atoms with van der Waals surface area (Å²) in [5.74, 6) is -0.0720. The Bertz CT molecular complexity index is 1250. The topological polar surface area (TPSA) is 95.9 Å². The number of rotatable bonds is 58. The first kappa shape index (κ1) is 69.6. The molecule has 0 aromatic rings. The fourth-order valence-electron chi connectivity index (χ4n) is 9.39. The summed E-state index contributed by atoms with van der Waals surface area (Å²) in [5, 5.41) is 23.0. The standard InChI is InChI=1S/C66H121NO5/c1-3-5-7-9-11-13-15-16-37-40-44-48-52-56-60-66(71)72-61-57-53-49-45-41-38-35-33-31-29-27-25-23-21-19-17-18-20-22-24-26-28-30-32-34-36-39-43-47-51-55-59-65(70)67-63(62-68)64(69)58-54-50-46-42-14-12-10-8-6-4-2/h9,11,15-16,19,21,25,27,54,58,63-64,68-69H,3-8,10,12-14,17-18,20,22-24,26,28-53,55-57,59-62H2,1-2H3,(H,67,70)/b11-9-,16-15-,21-19-,27-25-,58-54+. The van der Waals surface area contributed by atoms with E-state index in [1.54, 1.807) is 6.08 Å². The largest absolute Gasteiger partial charge is 0.466 e. The third-order valence-electron chi connectivity index (χ3n) is 14.3. The first-order valence-corrected chi connectivity index (χ1v) is 31.6. The van der Waals surface area contributed by atoms with Gasteiger partial charge in [0.15, 0.2) is 0 Å². The van der Waals surface area contributed by atoms with Crippen molar-refractivity contribution in [3.63, 3.8) is 0 Å². The summed E-state index contributed by atoms with van der Waals surface area (Å²) in [6.07, 6.45) is 80.0. The lowest BCUT2D eigenvalue weighted by Crippen LogP contribution is -2.45. The number of carbonyl (C=O) groups excluding carboxylic acids is 2. The van der Waals surface area contributed by atoms with Crippen LogP contribution in [-0.4, -0.2) is 47.4 Å². The van der Waals surface area contributed by atoms with E-state index in [0.717, 1.165) is 57.8 Å². The van der Waals surface area contributed by atoms with E-state index in [-0.39, 0.29) is 18.5 Å². The van der Waals surface area contributed by atoms with Gasteiger partial charge >= 0.3 is 5.97 Å². The van der Waals surface area contributed by atoms with Crippen LogP contribution in [-0.2, 0) is 14.3 Å². The number of aliphatic hydroxyl groups is 2. The third kappa shape index (κ3) is 56.8.